The van der Waals surface area contributed by atoms with Gasteiger partial charge in [-0.2, -0.15) is 27.1 Å². The fraction of sp³-hybridized carbons (Fsp3) is 0.0345. The van der Waals surface area contributed by atoms with Gasteiger partial charge in [-0.25, -0.2) is 0 Å². The van der Waals surface area contributed by atoms with E-state index in [1.165, 1.54) is 54.6 Å². The van der Waals surface area contributed by atoms with Crippen molar-refractivity contribution in [3.8, 4) is 5.75 Å². The maximum Gasteiger partial charge on any atom is 0.296 e. The monoisotopic (exact) mass is 662 g/mol. The fourth-order valence-corrected chi connectivity index (χ4v) is 5.44. The van der Waals surface area contributed by atoms with Crippen LogP contribution in [-0.2, 0) is 20.2 Å². The summed E-state index contributed by atoms with van der Waals surface area (Å²) in [6.45, 7) is 1.71. The van der Waals surface area contributed by atoms with E-state index in [0.29, 0.717) is 39.1 Å². The number of nitro benzene ring substituents is 1. The summed E-state index contributed by atoms with van der Waals surface area (Å²) in [4.78, 5) is 9.20. The van der Waals surface area contributed by atoms with E-state index in [-0.39, 0.29) is 22.0 Å². The van der Waals surface area contributed by atoms with Crippen molar-refractivity contribution in [3.05, 3.63) is 107 Å². The number of hydrogen-bond donors (Lipinski definition) is 4. The van der Waals surface area contributed by atoms with Crippen molar-refractivity contribution in [2.75, 3.05) is 5.32 Å². The van der Waals surface area contributed by atoms with Gasteiger partial charge in [-0.05, 0) is 85.3 Å². The molecule has 0 aliphatic rings. The number of non-ortho nitro benzene ring substituents is 1. The highest BCUT2D eigenvalue weighted by Gasteiger charge is 2.20. The minimum atomic E-state index is -4.79. The molecule has 0 saturated heterocycles. The van der Waals surface area contributed by atoms with E-state index in [9.17, 15) is 41.2 Å². The lowest BCUT2D eigenvalue weighted by molar-refractivity contribution is -0.385. The number of rotatable bonds is 9. The molecule has 0 spiro atoms. The first-order valence-electron chi connectivity index (χ1n) is 13.0. The van der Waals surface area contributed by atoms with Crippen LogP contribution in [0.2, 0.25) is 0 Å². The summed E-state index contributed by atoms with van der Waals surface area (Å²) in [5.74, 6) is 0.110. The van der Waals surface area contributed by atoms with Crippen LogP contribution in [0.15, 0.2) is 121 Å². The number of aryl methyl sites for hydroxylation is 1. The molecule has 17 heteroatoms. The summed E-state index contributed by atoms with van der Waals surface area (Å²) in [5.41, 5.74) is 1.78. The molecule has 0 amide bonds. The lowest BCUT2D eigenvalue weighted by Crippen LogP contribution is -2.04. The van der Waals surface area contributed by atoms with Crippen LogP contribution in [0.5, 0.6) is 5.75 Å². The Bertz CT molecular complexity index is 2290. The smallest absolute Gasteiger partial charge is 0.296 e. The second kappa shape index (κ2) is 12.4. The molecular formula is C29H22N6O9S2. The topological polar surface area (TPSA) is 234 Å². The summed E-state index contributed by atoms with van der Waals surface area (Å²) in [7, 11) is -9.34. The molecule has 0 saturated carbocycles. The Balaban J connectivity index is 1.45. The van der Waals surface area contributed by atoms with Gasteiger partial charge in [0.05, 0.1) is 38.3 Å². The van der Waals surface area contributed by atoms with Gasteiger partial charge in [-0.1, -0.05) is 6.07 Å². The number of benzene rings is 5. The minimum absolute atomic E-state index is 0.0960. The van der Waals surface area contributed by atoms with Crippen molar-refractivity contribution in [1.82, 2.24) is 0 Å². The van der Waals surface area contributed by atoms with E-state index < -0.39 is 35.7 Å². The molecule has 5 rings (SSSR count). The number of phenols is 1. The van der Waals surface area contributed by atoms with E-state index >= 15 is 0 Å². The number of nitro groups is 1. The second-order valence-electron chi connectivity index (χ2n) is 9.74. The number of aromatic hydroxyl groups is 1. The van der Waals surface area contributed by atoms with Crippen molar-refractivity contribution in [2.45, 2.75) is 16.7 Å². The van der Waals surface area contributed by atoms with E-state index in [2.05, 4.69) is 25.8 Å². The summed E-state index contributed by atoms with van der Waals surface area (Å²) < 4.78 is 66.5. The molecule has 0 unspecified atom stereocenters. The summed E-state index contributed by atoms with van der Waals surface area (Å²) in [6, 6.07) is 20.8. The van der Waals surface area contributed by atoms with Crippen LogP contribution in [0.4, 0.5) is 39.8 Å². The van der Waals surface area contributed by atoms with Crippen LogP contribution in [0.3, 0.4) is 0 Å². The van der Waals surface area contributed by atoms with Gasteiger partial charge in [0.15, 0.2) is 0 Å². The number of nitrogens with zero attached hydrogens (tertiary/aromatic N) is 5. The van der Waals surface area contributed by atoms with Crippen LogP contribution >= 0.6 is 0 Å². The standard InChI is InChI=1S/C29H22N6O9S2/c1-17-14-20(6-13-28(17)36)32-33-25-11-12-26(24-16-22(45(39,40)41)8-9-23(24)25)34-31-19-4-2-18(3-5-19)30-27-10-7-21(35(37)38)15-29(27)46(42,43)44/h2-16,30,36H,1H3,(H,39,40,41)(H,42,43,44). The first-order valence-corrected chi connectivity index (χ1v) is 15.9. The van der Waals surface area contributed by atoms with E-state index in [1.807, 2.05) is 0 Å². The fourth-order valence-electron chi connectivity index (χ4n) is 4.26. The van der Waals surface area contributed by atoms with E-state index in [1.54, 1.807) is 25.1 Å². The Hall–Kier alpha value is -5.62. The second-order valence-corrected chi connectivity index (χ2v) is 12.6. The number of fused-ring (bicyclic) bond motifs is 1. The van der Waals surface area contributed by atoms with Crippen molar-refractivity contribution < 1.29 is 36.0 Å². The van der Waals surface area contributed by atoms with Crippen molar-refractivity contribution in [1.29, 1.82) is 0 Å². The molecule has 5 aromatic rings. The maximum absolute atomic E-state index is 11.9. The Kier molecular flexibility index (Phi) is 8.57. The summed E-state index contributed by atoms with van der Waals surface area (Å²) in [5, 5.41) is 41.2. The van der Waals surface area contributed by atoms with Crippen LogP contribution in [-0.4, -0.2) is 36.0 Å². The largest absolute Gasteiger partial charge is 0.508 e. The molecule has 46 heavy (non-hydrogen) atoms. The van der Waals surface area contributed by atoms with Gasteiger partial charge in [0, 0.05) is 28.6 Å². The van der Waals surface area contributed by atoms with Gasteiger partial charge in [0.1, 0.15) is 10.6 Å². The Morgan fingerprint density at radius 1 is 0.696 bits per heavy atom. The first kappa shape index (κ1) is 31.8. The third-order valence-electron chi connectivity index (χ3n) is 6.57. The quantitative estimate of drug-likeness (QED) is 0.0516. The molecule has 4 N–H and O–H groups in total. The number of azo groups is 2. The Labute approximate surface area is 261 Å². The molecule has 5 aromatic carbocycles. The molecule has 0 aliphatic heterocycles. The Morgan fingerprint density at radius 2 is 1.33 bits per heavy atom. The van der Waals surface area contributed by atoms with Gasteiger partial charge in [0.25, 0.3) is 25.9 Å². The average Bonchev–Trinajstić information content (AvgIpc) is 3.00. The molecule has 0 aliphatic carbocycles. The van der Waals surface area contributed by atoms with E-state index in [0.717, 1.165) is 18.2 Å². The number of anilines is 2. The molecule has 0 bridgehead atoms. The molecular weight excluding hydrogens is 640 g/mol. The van der Waals surface area contributed by atoms with Gasteiger partial charge in [-0.15, -0.1) is 10.2 Å². The first-order chi connectivity index (χ1) is 21.7. The molecule has 0 fully saturated rings. The average molecular weight is 663 g/mol. The third kappa shape index (κ3) is 7.19. The van der Waals surface area contributed by atoms with Crippen LogP contribution in [0.25, 0.3) is 10.8 Å². The lowest BCUT2D eigenvalue weighted by Gasteiger charge is -2.10. The van der Waals surface area contributed by atoms with Gasteiger partial charge < -0.3 is 10.4 Å². The minimum Gasteiger partial charge on any atom is -0.508 e. The highest BCUT2D eigenvalue weighted by atomic mass is 32.2. The van der Waals surface area contributed by atoms with Crippen molar-refractivity contribution in [3.63, 3.8) is 0 Å². The van der Waals surface area contributed by atoms with E-state index in [4.69, 9.17) is 0 Å². The third-order valence-corrected chi connectivity index (χ3v) is 8.31. The zero-order valence-electron chi connectivity index (χ0n) is 23.5. The molecule has 234 valence electrons. The molecule has 0 aromatic heterocycles. The number of phenolic OH excluding ortho intramolecular Hbond substituents is 1. The SMILES string of the molecule is Cc1cc(N=Nc2ccc(N=Nc3ccc(Nc4ccc([N+](=O)[O-])cc4S(=O)(=O)O)cc3)c3cc(S(=O)(=O)O)ccc23)ccc1O. The van der Waals surface area contributed by atoms with Gasteiger partial charge in [-0.3, -0.25) is 19.2 Å². The molecule has 0 heterocycles. The van der Waals surface area contributed by atoms with Gasteiger partial charge >= 0.3 is 0 Å². The highest BCUT2D eigenvalue weighted by Crippen LogP contribution is 2.37. The normalized spacial score (nSPS) is 12.2. The lowest BCUT2D eigenvalue weighted by atomic mass is 10.1. The van der Waals surface area contributed by atoms with Crippen LogP contribution in [0, 0.1) is 17.0 Å². The Morgan fingerprint density at radius 3 is 1.93 bits per heavy atom. The molecule has 15 nitrogen and oxygen atoms in total. The van der Waals surface area contributed by atoms with Gasteiger partial charge in [0.2, 0.25) is 0 Å². The summed E-state index contributed by atoms with van der Waals surface area (Å²) >= 11 is 0. The summed E-state index contributed by atoms with van der Waals surface area (Å²) in [6.07, 6.45) is 0. The predicted octanol–water partition coefficient (Wildman–Crippen LogP) is 7.83. The molecule has 0 atom stereocenters. The molecule has 0 radical (unpaired) electrons. The number of nitrogens with one attached hydrogen (secondary N) is 1. The van der Waals surface area contributed by atoms with Crippen LogP contribution in [0.1, 0.15) is 5.56 Å². The predicted molar refractivity (Wildman–Crippen MR) is 168 cm³/mol. The van der Waals surface area contributed by atoms with Crippen LogP contribution < -0.4 is 5.32 Å². The zero-order chi connectivity index (χ0) is 33.2. The maximum atomic E-state index is 11.9. The highest BCUT2D eigenvalue weighted by molar-refractivity contribution is 7.86. The van der Waals surface area contributed by atoms with Crippen molar-refractivity contribution >= 4 is 70.8 Å². The van der Waals surface area contributed by atoms with Crippen molar-refractivity contribution in [2.24, 2.45) is 20.5 Å². The zero-order valence-corrected chi connectivity index (χ0v) is 25.1. The number of hydrogen-bond acceptors (Lipinski definition) is 12.